The van der Waals surface area contributed by atoms with Crippen LogP contribution in [0.4, 0.5) is 0 Å². The highest BCUT2D eigenvalue weighted by Crippen LogP contribution is 2.32. The second-order valence-electron chi connectivity index (χ2n) is 5.60. The van der Waals surface area contributed by atoms with Gasteiger partial charge in [0.2, 0.25) is 0 Å². The lowest BCUT2D eigenvalue weighted by molar-refractivity contribution is -0.239. The molecule has 0 amide bonds. The molecule has 2 rings (SSSR count). The van der Waals surface area contributed by atoms with Crippen LogP contribution in [0.15, 0.2) is 0 Å². The monoisotopic (exact) mass is 312 g/mol. The first-order valence-corrected chi connectivity index (χ1v) is 7.59. The van der Waals surface area contributed by atoms with Gasteiger partial charge in [-0.3, -0.25) is 9.59 Å². The van der Waals surface area contributed by atoms with Gasteiger partial charge in [0.15, 0.2) is 5.92 Å². The molecule has 1 aliphatic rings. The zero-order valence-electron chi connectivity index (χ0n) is 12.9. The molecule has 0 atom stereocenters. The zero-order valence-corrected chi connectivity index (χ0v) is 13.8. The van der Waals surface area contributed by atoms with E-state index < -0.39 is 23.6 Å². The van der Waals surface area contributed by atoms with E-state index in [1.807, 2.05) is 13.8 Å². The number of carbonyl (C=O) groups is 2. The minimum Gasteiger partial charge on any atom is -0.422 e. The highest BCUT2D eigenvalue weighted by Gasteiger charge is 2.43. The van der Waals surface area contributed by atoms with Crippen LogP contribution in [0.5, 0.6) is 0 Å². The van der Waals surface area contributed by atoms with Crippen LogP contribution in [0.3, 0.4) is 0 Å². The fraction of sp³-hybridized carbons (Fsp3) is 0.600. The van der Waals surface area contributed by atoms with Crippen molar-refractivity contribution < 1.29 is 23.8 Å². The lowest BCUT2D eigenvalue weighted by Crippen LogP contribution is -2.47. The maximum absolute atomic E-state index is 12.1. The van der Waals surface area contributed by atoms with E-state index in [-0.39, 0.29) is 0 Å². The topological polar surface area (TPSA) is 61.8 Å². The molecule has 1 aliphatic heterocycles. The van der Waals surface area contributed by atoms with Crippen LogP contribution in [0.25, 0.3) is 0 Å². The molecule has 0 aliphatic carbocycles. The summed E-state index contributed by atoms with van der Waals surface area (Å²) in [6.07, 6.45) is 0.294. The van der Waals surface area contributed by atoms with E-state index in [0.29, 0.717) is 13.0 Å². The summed E-state index contributed by atoms with van der Waals surface area (Å²) in [5, 5.41) is 0. The summed E-state index contributed by atoms with van der Waals surface area (Å²) in [7, 11) is 1.63. The molecule has 0 unspecified atom stereocenters. The summed E-state index contributed by atoms with van der Waals surface area (Å²) < 4.78 is 15.5. The standard InChI is InChI=1S/C15H20O5S/c1-8-10(12(7-18-5)9(2)21-8)6-11-13(16)19-15(3,4)20-14(11)17/h11H,6-7H2,1-5H3. The zero-order chi connectivity index (χ0) is 15.8. The van der Waals surface area contributed by atoms with Gasteiger partial charge in [-0.05, 0) is 31.4 Å². The molecular formula is C15H20O5S. The van der Waals surface area contributed by atoms with Crippen LogP contribution >= 0.6 is 11.3 Å². The first-order valence-electron chi connectivity index (χ1n) is 6.77. The number of rotatable bonds is 4. The number of esters is 2. The number of methoxy groups -OCH3 is 1. The molecule has 1 saturated heterocycles. The normalized spacial score (nSPS) is 18.5. The van der Waals surface area contributed by atoms with Crippen molar-refractivity contribution in [2.75, 3.05) is 7.11 Å². The van der Waals surface area contributed by atoms with Crippen molar-refractivity contribution in [3.8, 4) is 0 Å². The van der Waals surface area contributed by atoms with Crippen LogP contribution in [-0.2, 0) is 36.8 Å². The molecule has 116 valence electrons. The van der Waals surface area contributed by atoms with Gasteiger partial charge >= 0.3 is 11.9 Å². The van der Waals surface area contributed by atoms with E-state index >= 15 is 0 Å². The summed E-state index contributed by atoms with van der Waals surface area (Å²) in [6, 6.07) is 0. The molecule has 0 spiro atoms. The van der Waals surface area contributed by atoms with Crippen LogP contribution in [0, 0.1) is 19.8 Å². The van der Waals surface area contributed by atoms with Crippen molar-refractivity contribution in [2.45, 2.75) is 46.5 Å². The van der Waals surface area contributed by atoms with E-state index in [2.05, 4.69) is 0 Å². The van der Waals surface area contributed by atoms with Crippen LogP contribution in [-0.4, -0.2) is 24.8 Å². The molecule has 6 heteroatoms. The number of cyclic esters (lactones) is 2. The van der Waals surface area contributed by atoms with Crippen LogP contribution < -0.4 is 0 Å². The molecule has 1 aromatic rings. The van der Waals surface area contributed by atoms with Crippen molar-refractivity contribution in [3.05, 3.63) is 20.9 Å². The number of thiophene rings is 1. The predicted octanol–water partition coefficient (Wildman–Crippen LogP) is 2.51. The quantitative estimate of drug-likeness (QED) is 0.631. The fourth-order valence-corrected chi connectivity index (χ4v) is 3.59. The SMILES string of the molecule is COCc1c(C)sc(C)c1CC1C(=O)OC(C)(C)OC1=O. The molecule has 0 aromatic carbocycles. The van der Waals surface area contributed by atoms with E-state index in [1.54, 1.807) is 32.3 Å². The number of hydrogen-bond acceptors (Lipinski definition) is 6. The van der Waals surface area contributed by atoms with Gasteiger partial charge in [-0.25, -0.2) is 0 Å². The number of aryl methyl sites for hydroxylation is 2. The Hall–Kier alpha value is -1.40. The Morgan fingerprint density at radius 3 is 2.14 bits per heavy atom. The summed E-state index contributed by atoms with van der Waals surface area (Å²) >= 11 is 1.64. The maximum atomic E-state index is 12.1. The van der Waals surface area contributed by atoms with Crippen LogP contribution in [0.1, 0.15) is 34.7 Å². The van der Waals surface area contributed by atoms with Crippen molar-refractivity contribution in [1.82, 2.24) is 0 Å². The van der Waals surface area contributed by atoms with E-state index in [9.17, 15) is 9.59 Å². The predicted molar refractivity (Wildman–Crippen MR) is 78.0 cm³/mol. The second kappa shape index (κ2) is 5.77. The van der Waals surface area contributed by atoms with E-state index in [1.165, 1.54) is 0 Å². The highest BCUT2D eigenvalue weighted by atomic mass is 32.1. The maximum Gasteiger partial charge on any atom is 0.323 e. The molecule has 21 heavy (non-hydrogen) atoms. The number of carbonyl (C=O) groups excluding carboxylic acids is 2. The van der Waals surface area contributed by atoms with E-state index in [0.717, 1.165) is 20.9 Å². The molecule has 0 N–H and O–H groups in total. The lowest BCUT2D eigenvalue weighted by Gasteiger charge is -2.33. The van der Waals surface area contributed by atoms with Gasteiger partial charge in [-0.1, -0.05) is 0 Å². The van der Waals surface area contributed by atoms with E-state index in [4.69, 9.17) is 14.2 Å². The molecule has 0 radical (unpaired) electrons. The molecule has 0 bridgehead atoms. The Morgan fingerprint density at radius 1 is 1.10 bits per heavy atom. The van der Waals surface area contributed by atoms with Gasteiger partial charge < -0.3 is 14.2 Å². The Balaban J connectivity index is 2.26. The molecule has 2 heterocycles. The Kier molecular flexibility index (Phi) is 4.39. The lowest BCUT2D eigenvalue weighted by atomic mass is 9.95. The minimum absolute atomic E-state index is 0.294. The number of hydrogen-bond donors (Lipinski definition) is 0. The van der Waals surface area contributed by atoms with Gasteiger partial charge in [0, 0.05) is 30.7 Å². The smallest absolute Gasteiger partial charge is 0.323 e. The Bertz CT molecular complexity index is 553. The van der Waals surface area contributed by atoms with Gasteiger partial charge in [0.1, 0.15) is 0 Å². The second-order valence-corrected chi connectivity index (χ2v) is 7.03. The van der Waals surface area contributed by atoms with Gasteiger partial charge in [-0.2, -0.15) is 0 Å². The average molecular weight is 312 g/mol. The minimum atomic E-state index is -1.18. The number of ether oxygens (including phenoxy) is 3. The fourth-order valence-electron chi connectivity index (χ4n) is 2.49. The average Bonchev–Trinajstić information content (AvgIpc) is 2.59. The summed E-state index contributed by atoms with van der Waals surface area (Å²) in [5.74, 6) is -3.13. The van der Waals surface area contributed by atoms with Crippen molar-refractivity contribution in [2.24, 2.45) is 5.92 Å². The molecule has 5 nitrogen and oxygen atoms in total. The van der Waals surface area contributed by atoms with Crippen molar-refractivity contribution >= 4 is 23.3 Å². The van der Waals surface area contributed by atoms with Gasteiger partial charge in [0.25, 0.3) is 5.79 Å². The third-order valence-corrected chi connectivity index (χ3v) is 4.58. The van der Waals surface area contributed by atoms with Crippen LogP contribution in [0.2, 0.25) is 0 Å². The first kappa shape index (κ1) is 16.0. The molecule has 1 aromatic heterocycles. The third kappa shape index (κ3) is 3.27. The van der Waals surface area contributed by atoms with Gasteiger partial charge in [0.05, 0.1) is 6.61 Å². The summed E-state index contributed by atoms with van der Waals surface area (Å²) in [4.78, 5) is 26.4. The highest BCUT2D eigenvalue weighted by molar-refractivity contribution is 7.12. The molecule has 1 fully saturated rings. The first-order chi connectivity index (χ1) is 9.75. The largest absolute Gasteiger partial charge is 0.422 e. The molecule has 0 saturated carbocycles. The Labute approximate surface area is 128 Å². The van der Waals surface area contributed by atoms with Crippen molar-refractivity contribution in [3.63, 3.8) is 0 Å². The van der Waals surface area contributed by atoms with Crippen molar-refractivity contribution in [1.29, 1.82) is 0 Å². The third-order valence-electron chi connectivity index (χ3n) is 3.48. The molecular weight excluding hydrogens is 292 g/mol. The Morgan fingerprint density at radius 2 is 1.62 bits per heavy atom. The summed E-state index contributed by atoms with van der Waals surface area (Å²) in [6.45, 7) is 7.56. The van der Waals surface area contributed by atoms with Gasteiger partial charge in [-0.15, -0.1) is 11.3 Å². The summed E-state index contributed by atoms with van der Waals surface area (Å²) in [5.41, 5.74) is 2.03.